The smallest absolute Gasteiger partial charge is 0.0853 e. The summed E-state index contributed by atoms with van der Waals surface area (Å²) in [7, 11) is 0. The van der Waals surface area contributed by atoms with E-state index in [0.717, 1.165) is 9.35 Å². The second-order valence-corrected chi connectivity index (χ2v) is 6.28. The van der Waals surface area contributed by atoms with Gasteiger partial charge in [-0.05, 0) is 45.1 Å². The van der Waals surface area contributed by atoms with Gasteiger partial charge in [-0.3, -0.25) is 0 Å². The van der Waals surface area contributed by atoms with Gasteiger partial charge in [0.1, 0.15) is 0 Å². The van der Waals surface area contributed by atoms with E-state index in [0.29, 0.717) is 22.0 Å². The highest BCUT2D eigenvalue weighted by Gasteiger charge is 2.14. The number of thiophene rings is 1. The third-order valence-electron chi connectivity index (χ3n) is 2.39. The molecule has 0 saturated carbocycles. The van der Waals surface area contributed by atoms with Crippen molar-refractivity contribution in [2.75, 3.05) is 0 Å². The van der Waals surface area contributed by atoms with Gasteiger partial charge in [-0.1, -0.05) is 29.3 Å². The predicted octanol–water partition coefficient (Wildman–Crippen LogP) is 5.09. The van der Waals surface area contributed by atoms with Crippen molar-refractivity contribution in [2.45, 2.75) is 12.5 Å². The standard InChI is InChI=1S/C12H9BrCl2OS/c13-9-3-4-17-12(9)6-11(16)8-2-1-7(14)5-10(8)15/h1-5,11,16H,6H2. The van der Waals surface area contributed by atoms with E-state index in [1.807, 2.05) is 11.4 Å². The van der Waals surface area contributed by atoms with E-state index in [9.17, 15) is 5.11 Å². The van der Waals surface area contributed by atoms with Gasteiger partial charge in [-0.15, -0.1) is 11.3 Å². The van der Waals surface area contributed by atoms with Crippen molar-refractivity contribution in [1.29, 1.82) is 0 Å². The number of rotatable bonds is 3. The lowest BCUT2D eigenvalue weighted by atomic mass is 10.1. The van der Waals surface area contributed by atoms with Gasteiger partial charge < -0.3 is 5.11 Å². The van der Waals surface area contributed by atoms with Crippen molar-refractivity contribution >= 4 is 50.5 Å². The SMILES string of the molecule is OC(Cc1sccc1Br)c1ccc(Cl)cc1Cl. The molecule has 0 amide bonds. The number of halogens is 3. The average Bonchev–Trinajstić information content (AvgIpc) is 2.64. The number of hydrogen-bond acceptors (Lipinski definition) is 2. The first-order valence-corrected chi connectivity index (χ1v) is 7.35. The molecule has 0 bridgehead atoms. The summed E-state index contributed by atoms with van der Waals surface area (Å²) in [5, 5.41) is 13.2. The molecule has 1 unspecified atom stereocenters. The van der Waals surface area contributed by atoms with Gasteiger partial charge >= 0.3 is 0 Å². The zero-order valence-electron chi connectivity index (χ0n) is 8.66. The van der Waals surface area contributed by atoms with Crippen molar-refractivity contribution in [3.05, 3.63) is 54.6 Å². The van der Waals surface area contributed by atoms with Crippen LogP contribution < -0.4 is 0 Å². The predicted molar refractivity (Wildman–Crippen MR) is 77.1 cm³/mol. The van der Waals surface area contributed by atoms with Crippen molar-refractivity contribution in [3.63, 3.8) is 0 Å². The summed E-state index contributed by atoms with van der Waals surface area (Å²) < 4.78 is 1.02. The van der Waals surface area contributed by atoms with Crippen LogP contribution in [0.3, 0.4) is 0 Å². The third-order valence-corrected chi connectivity index (χ3v) is 4.90. The molecule has 1 aromatic carbocycles. The molecule has 0 aliphatic heterocycles. The fraction of sp³-hybridized carbons (Fsp3) is 0.167. The molecule has 1 atom stereocenters. The molecule has 0 spiro atoms. The lowest BCUT2D eigenvalue weighted by Gasteiger charge is -2.12. The Bertz CT molecular complexity index is 527. The van der Waals surface area contributed by atoms with Crippen LogP contribution in [0.25, 0.3) is 0 Å². The second kappa shape index (κ2) is 5.72. The summed E-state index contributed by atoms with van der Waals surface area (Å²) >= 11 is 16.9. The van der Waals surface area contributed by atoms with Gasteiger partial charge in [0.15, 0.2) is 0 Å². The van der Waals surface area contributed by atoms with Crippen molar-refractivity contribution in [3.8, 4) is 0 Å². The van der Waals surface area contributed by atoms with E-state index < -0.39 is 6.10 Å². The first kappa shape index (κ1) is 13.4. The molecular weight excluding hydrogens is 343 g/mol. The molecule has 17 heavy (non-hydrogen) atoms. The van der Waals surface area contributed by atoms with E-state index in [2.05, 4.69) is 15.9 Å². The van der Waals surface area contributed by atoms with Crippen LogP contribution in [0.2, 0.25) is 10.0 Å². The van der Waals surface area contributed by atoms with E-state index >= 15 is 0 Å². The van der Waals surface area contributed by atoms with Crippen LogP contribution in [0.5, 0.6) is 0 Å². The molecule has 2 rings (SSSR count). The molecule has 5 heteroatoms. The Hall–Kier alpha value is -0.0600. The minimum absolute atomic E-state index is 0.498. The highest BCUT2D eigenvalue weighted by molar-refractivity contribution is 9.10. The average molecular weight is 352 g/mol. The summed E-state index contributed by atoms with van der Waals surface area (Å²) in [6.45, 7) is 0. The Morgan fingerprint density at radius 2 is 2.06 bits per heavy atom. The van der Waals surface area contributed by atoms with Gasteiger partial charge in [0, 0.05) is 25.8 Å². The first-order chi connectivity index (χ1) is 8.08. The highest BCUT2D eigenvalue weighted by Crippen LogP contribution is 2.32. The lowest BCUT2D eigenvalue weighted by molar-refractivity contribution is 0.179. The van der Waals surface area contributed by atoms with Gasteiger partial charge in [-0.25, -0.2) is 0 Å². The van der Waals surface area contributed by atoms with Crippen LogP contribution in [0.4, 0.5) is 0 Å². The molecule has 0 radical (unpaired) electrons. The quantitative estimate of drug-likeness (QED) is 0.816. The minimum Gasteiger partial charge on any atom is -0.388 e. The van der Waals surface area contributed by atoms with Crippen molar-refractivity contribution < 1.29 is 5.11 Å². The molecule has 1 aromatic heterocycles. The summed E-state index contributed by atoms with van der Waals surface area (Å²) in [5.41, 5.74) is 0.705. The van der Waals surface area contributed by atoms with E-state index in [1.54, 1.807) is 29.5 Å². The number of benzene rings is 1. The van der Waals surface area contributed by atoms with Crippen LogP contribution >= 0.6 is 50.5 Å². The van der Waals surface area contributed by atoms with Crippen LogP contribution in [-0.2, 0) is 6.42 Å². The van der Waals surface area contributed by atoms with E-state index in [4.69, 9.17) is 23.2 Å². The third kappa shape index (κ3) is 3.24. The maximum atomic E-state index is 10.1. The summed E-state index contributed by atoms with van der Waals surface area (Å²) in [6, 6.07) is 7.10. The number of hydrogen-bond donors (Lipinski definition) is 1. The highest BCUT2D eigenvalue weighted by atomic mass is 79.9. The monoisotopic (exact) mass is 350 g/mol. The Labute approximate surface area is 122 Å². The topological polar surface area (TPSA) is 20.2 Å². The fourth-order valence-corrected chi connectivity index (χ4v) is 3.61. The molecular formula is C12H9BrCl2OS. The van der Waals surface area contributed by atoms with Gasteiger partial charge in [-0.2, -0.15) is 0 Å². The van der Waals surface area contributed by atoms with Gasteiger partial charge in [0.05, 0.1) is 6.10 Å². The Morgan fingerprint density at radius 3 is 2.65 bits per heavy atom. The van der Waals surface area contributed by atoms with Gasteiger partial charge in [0.2, 0.25) is 0 Å². The Morgan fingerprint density at radius 1 is 1.29 bits per heavy atom. The molecule has 0 fully saturated rings. The molecule has 0 saturated heterocycles. The van der Waals surface area contributed by atoms with Gasteiger partial charge in [0.25, 0.3) is 0 Å². The lowest BCUT2D eigenvalue weighted by Crippen LogP contribution is -2.01. The normalized spacial score (nSPS) is 12.7. The number of aliphatic hydroxyl groups is 1. The van der Waals surface area contributed by atoms with Crippen molar-refractivity contribution in [2.24, 2.45) is 0 Å². The Balaban J connectivity index is 2.20. The van der Waals surface area contributed by atoms with E-state index in [-0.39, 0.29) is 0 Å². The zero-order chi connectivity index (χ0) is 12.4. The van der Waals surface area contributed by atoms with E-state index in [1.165, 1.54) is 0 Å². The molecule has 90 valence electrons. The molecule has 0 aliphatic rings. The maximum Gasteiger partial charge on any atom is 0.0853 e. The van der Waals surface area contributed by atoms with Crippen LogP contribution in [-0.4, -0.2) is 5.11 Å². The summed E-state index contributed by atoms with van der Waals surface area (Å²) in [4.78, 5) is 1.10. The molecule has 1 heterocycles. The van der Waals surface area contributed by atoms with Crippen LogP contribution in [0, 0.1) is 0 Å². The summed E-state index contributed by atoms with van der Waals surface area (Å²) in [5.74, 6) is 0. The van der Waals surface area contributed by atoms with Crippen LogP contribution in [0.15, 0.2) is 34.1 Å². The zero-order valence-corrected chi connectivity index (χ0v) is 12.6. The Kier molecular flexibility index (Phi) is 4.50. The molecule has 2 aromatic rings. The van der Waals surface area contributed by atoms with Crippen molar-refractivity contribution in [1.82, 2.24) is 0 Å². The maximum absolute atomic E-state index is 10.1. The minimum atomic E-state index is -0.616. The summed E-state index contributed by atoms with van der Waals surface area (Å²) in [6.07, 6.45) is -0.0747. The molecule has 1 N–H and O–H groups in total. The molecule has 0 aliphatic carbocycles. The van der Waals surface area contributed by atoms with Crippen LogP contribution in [0.1, 0.15) is 16.5 Å². The number of aliphatic hydroxyl groups excluding tert-OH is 1. The largest absolute Gasteiger partial charge is 0.388 e. The second-order valence-electron chi connectivity index (χ2n) is 3.58. The molecule has 1 nitrogen and oxygen atoms in total. The first-order valence-electron chi connectivity index (χ1n) is 4.93. The fourth-order valence-electron chi connectivity index (χ4n) is 1.53.